The van der Waals surface area contributed by atoms with E-state index in [9.17, 15) is 26.8 Å². The molecule has 3 aromatic rings. The Kier molecular flexibility index (Phi) is 6.68. The summed E-state index contributed by atoms with van der Waals surface area (Å²) in [6.45, 7) is -0.707. The molecule has 1 aromatic heterocycles. The largest absolute Gasteiger partial charge is 0.452 e. The molecule has 0 fully saturated rings. The van der Waals surface area contributed by atoms with Gasteiger partial charge in [0, 0.05) is 17.2 Å². The number of hydrogen-bond acceptors (Lipinski definition) is 7. The summed E-state index contributed by atoms with van der Waals surface area (Å²) < 4.78 is 55.3. The Bertz CT molecular complexity index is 1280. The molecule has 1 N–H and O–H groups in total. The molecule has 1 amide bonds. The van der Waals surface area contributed by atoms with Gasteiger partial charge in [0.15, 0.2) is 21.6 Å². The Balaban J connectivity index is 1.64. The fraction of sp³-hybridized carbons (Fsp3) is 0.105. The van der Waals surface area contributed by atoms with Crippen molar-refractivity contribution in [3.63, 3.8) is 0 Å². The maximum atomic E-state index is 13.8. The van der Waals surface area contributed by atoms with E-state index < -0.39 is 40.0 Å². The van der Waals surface area contributed by atoms with Crippen molar-refractivity contribution in [2.24, 2.45) is 0 Å². The van der Waals surface area contributed by atoms with Crippen LogP contribution in [0.2, 0.25) is 5.02 Å². The third-order valence-corrected chi connectivity index (χ3v) is 6.07. The highest BCUT2D eigenvalue weighted by Crippen LogP contribution is 2.27. The number of thiazole rings is 1. The first-order valence-corrected chi connectivity index (χ1v) is 11.6. The number of ether oxygens (including phenoxy) is 1. The molecule has 0 radical (unpaired) electrons. The average molecular weight is 487 g/mol. The van der Waals surface area contributed by atoms with Crippen molar-refractivity contribution in [3.05, 3.63) is 64.0 Å². The highest BCUT2D eigenvalue weighted by atomic mass is 35.5. The predicted molar refractivity (Wildman–Crippen MR) is 111 cm³/mol. The molecule has 162 valence electrons. The summed E-state index contributed by atoms with van der Waals surface area (Å²) in [6, 6.07) is 6.44. The van der Waals surface area contributed by atoms with Crippen LogP contribution in [0.5, 0.6) is 0 Å². The number of nitrogens with zero attached hydrogens (tertiary/aromatic N) is 1. The number of carbonyl (C=O) groups excluding carboxylic acids is 2. The molecule has 0 atom stereocenters. The number of sulfone groups is 1. The second-order valence-corrected chi connectivity index (χ2v) is 9.48. The Morgan fingerprint density at radius 2 is 1.94 bits per heavy atom. The fourth-order valence-corrected chi connectivity index (χ4v) is 3.97. The van der Waals surface area contributed by atoms with Crippen LogP contribution in [0.25, 0.3) is 11.3 Å². The van der Waals surface area contributed by atoms with E-state index in [4.69, 9.17) is 16.3 Å². The van der Waals surface area contributed by atoms with Gasteiger partial charge in [0.2, 0.25) is 0 Å². The topological polar surface area (TPSA) is 102 Å². The number of amides is 1. The third kappa shape index (κ3) is 5.63. The van der Waals surface area contributed by atoms with Crippen molar-refractivity contribution in [3.8, 4) is 11.3 Å². The van der Waals surface area contributed by atoms with Gasteiger partial charge in [-0.2, -0.15) is 0 Å². The molecule has 0 bridgehead atoms. The first-order valence-electron chi connectivity index (χ1n) is 8.42. The summed E-state index contributed by atoms with van der Waals surface area (Å²) in [7, 11) is -3.58. The molecule has 0 saturated heterocycles. The molecule has 3 rings (SSSR count). The van der Waals surface area contributed by atoms with Crippen molar-refractivity contribution >= 4 is 49.8 Å². The summed E-state index contributed by atoms with van der Waals surface area (Å²) in [5.74, 6) is -3.05. The zero-order chi connectivity index (χ0) is 22.8. The molecule has 0 spiro atoms. The summed E-state index contributed by atoms with van der Waals surface area (Å²) in [6.07, 6.45) is 0.969. The van der Waals surface area contributed by atoms with Gasteiger partial charge in [-0.05, 0) is 36.4 Å². The number of carbonyl (C=O) groups is 2. The lowest BCUT2D eigenvalue weighted by Crippen LogP contribution is -2.21. The highest BCUT2D eigenvalue weighted by Gasteiger charge is 2.18. The molecule has 0 aliphatic carbocycles. The molecule has 0 aliphatic heterocycles. The standard InChI is InChI=1S/C19H13ClF2N2O5S2/c1-31(27,28)11-3-4-14(20)12(7-11)18(26)29-8-17(25)24-19-23-16(9-30-19)13-6-10(21)2-5-15(13)22/h2-7,9H,8H2,1H3,(H,23,24,25). The van der Waals surface area contributed by atoms with Gasteiger partial charge in [0.1, 0.15) is 11.6 Å². The van der Waals surface area contributed by atoms with Crippen LogP contribution >= 0.6 is 22.9 Å². The number of esters is 1. The number of rotatable bonds is 6. The van der Waals surface area contributed by atoms with Crippen LogP contribution in [-0.4, -0.2) is 38.1 Å². The minimum absolute atomic E-state index is 0.0421. The number of aromatic nitrogens is 1. The van der Waals surface area contributed by atoms with Gasteiger partial charge >= 0.3 is 5.97 Å². The summed E-state index contributed by atoms with van der Waals surface area (Å²) in [5, 5.41) is 3.83. The van der Waals surface area contributed by atoms with Crippen molar-refractivity contribution in [1.82, 2.24) is 4.98 Å². The van der Waals surface area contributed by atoms with Gasteiger partial charge in [-0.25, -0.2) is 27.0 Å². The second kappa shape index (κ2) is 9.08. The molecule has 7 nitrogen and oxygen atoms in total. The van der Waals surface area contributed by atoms with Crippen molar-refractivity contribution in [2.75, 3.05) is 18.2 Å². The van der Waals surface area contributed by atoms with E-state index >= 15 is 0 Å². The van der Waals surface area contributed by atoms with Gasteiger partial charge in [0.25, 0.3) is 5.91 Å². The molecule has 0 saturated carbocycles. The van der Waals surface area contributed by atoms with Crippen LogP contribution < -0.4 is 5.32 Å². The highest BCUT2D eigenvalue weighted by molar-refractivity contribution is 7.90. The fourth-order valence-electron chi connectivity index (χ4n) is 2.40. The zero-order valence-corrected chi connectivity index (χ0v) is 18.1. The predicted octanol–water partition coefficient (Wildman–Crippen LogP) is 3.94. The van der Waals surface area contributed by atoms with E-state index in [0.717, 1.165) is 41.9 Å². The van der Waals surface area contributed by atoms with Gasteiger partial charge in [-0.1, -0.05) is 11.6 Å². The molecule has 12 heteroatoms. The Morgan fingerprint density at radius 1 is 1.19 bits per heavy atom. The van der Waals surface area contributed by atoms with E-state index in [1.807, 2.05) is 0 Å². The Hall–Kier alpha value is -2.89. The van der Waals surface area contributed by atoms with E-state index in [0.29, 0.717) is 0 Å². The maximum absolute atomic E-state index is 13.8. The molecule has 1 heterocycles. The van der Waals surface area contributed by atoms with Crippen LogP contribution in [0.15, 0.2) is 46.7 Å². The van der Waals surface area contributed by atoms with E-state index in [1.54, 1.807) is 0 Å². The van der Waals surface area contributed by atoms with E-state index in [1.165, 1.54) is 17.5 Å². The first kappa shape index (κ1) is 22.8. The quantitative estimate of drug-likeness (QED) is 0.529. The molecule has 0 unspecified atom stereocenters. The number of halogens is 3. The lowest BCUT2D eigenvalue weighted by molar-refractivity contribution is -0.119. The first-order chi connectivity index (χ1) is 14.5. The van der Waals surface area contributed by atoms with Gasteiger partial charge in [-0.15, -0.1) is 11.3 Å². The van der Waals surface area contributed by atoms with Crippen LogP contribution in [0.3, 0.4) is 0 Å². The van der Waals surface area contributed by atoms with Gasteiger partial charge in [-0.3, -0.25) is 10.1 Å². The lowest BCUT2D eigenvalue weighted by Gasteiger charge is -2.07. The summed E-state index contributed by atoms with van der Waals surface area (Å²) in [4.78, 5) is 28.1. The molecule has 0 aliphatic rings. The SMILES string of the molecule is CS(=O)(=O)c1ccc(Cl)c(C(=O)OCC(=O)Nc2nc(-c3cc(F)ccc3F)cs2)c1. The average Bonchev–Trinajstić information content (AvgIpc) is 3.15. The van der Waals surface area contributed by atoms with Crippen molar-refractivity contribution in [1.29, 1.82) is 0 Å². The second-order valence-electron chi connectivity index (χ2n) is 6.20. The van der Waals surface area contributed by atoms with Crippen LogP contribution in [0.4, 0.5) is 13.9 Å². The number of benzene rings is 2. The van der Waals surface area contributed by atoms with Crippen molar-refractivity contribution in [2.45, 2.75) is 4.90 Å². The smallest absolute Gasteiger partial charge is 0.340 e. The van der Waals surface area contributed by atoms with Crippen LogP contribution in [0.1, 0.15) is 10.4 Å². The van der Waals surface area contributed by atoms with Crippen LogP contribution in [0, 0.1) is 11.6 Å². The Labute approximate surface area is 184 Å². The third-order valence-electron chi connectivity index (χ3n) is 3.88. The number of hydrogen-bond donors (Lipinski definition) is 1. The van der Waals surface area contributed by atoms with Gasteiger partial charge < -0.3 is 4.74 Å². The van der Waals surface area contributed by atoms with Crippen molar-refractivity contribution < 1.29 is 31.5 Å². The molecule has 2 aromatic carbocycles. The summed E-state index contributed by atoms with van der Waals surface area (Å²) in [5.41, 5.74) is -0.155. The monoisotopic (exact) mass is 486 g/mol. The lowest BCUT2D eigenvalue weighted by atomic mass is 10.1. The van der Waals surface area contributed by atoms with E-state index in [2.05, 4.69) is 10.3 Å². The van der Waals surface area contributed by atoms with Gasteiger partial charge in [0.05, 0.1) is 21.2 Å². The summed E-state index contributed by atoms with van der Waals surface area (Å²) >= 11 is 6.87. The zero-order valence-electron chi connectivity index (χ0n) is 15.7. The number of nitrogens with one attached hydrogen (secondary N) is 1. The molecular weight excluding hydrogens is 474 g/mol. The minimum atomic E-state index is -3.58. The van der Waals surface area contributed by atoms with Crippen LogP contribution in [-0.2, 0) is 19.4 Å². The maximum Gasteiger partial charge on any atom is 0.340 e. The minimum Gasteiger partial charge on any atom is -0.452 e. The number of anilines is 1. The van der Waals surface area contributed by atoms with E-state index in [-0.39, 0.29) is 31.9 Å². The normalized spacial score (nSPS) is 11.2. The molecular formula is C19H13ClF2N2O5S2. The molecule has 31 heavy (non-hydrogen) atoms. The Morgan fingerprint density at radius 3 is 2.65 bits per heavy atom.